The van der Waals surface area contributed by atoms with Crippen LogP contribution in [-0.4, -0.2) is 45.1 Å². The fraction of sp³-hybridized carbons (Fsp3) is 0.562. The van der Waals surface area contributed by atoms with Gasteiger partial charge >= 0.3 is 0 Å². The van der Waals surface area contributed by atoms with E-state index in [9.17, 15) is 13.2 Å². The van der Waals surface area contributed by atoms with E-state index in [4.69, 9.17) is 5.73 Å². The van der Waals surface area contributed by atoms with Crippen molar-refractivity contribution in [2.45, 2.75) is 25.3 Å². The number of carbonyl (C=O) groups excluding carboxylic acids is 1. The van der Waals surface area contributed by atoms with Crippen molar-refractivity contribution in [2.75, 3.05) is 25.9 Å². The number of nitrogens with zero attached hydrogens (tertiary/aromatic N) is 1. The average Bonchev–Trinajstić information content (AvgIpc) is 2.53. The molecule has 1 heterocycles. The minimum Gasteiger partial charge on any atom is -0.342 e. The molecule has 0 radical (unpaired) electrons. The Morgan fingerprint density at radius 2 is 2.09 bits per heavy atom. The van der Waals surface area contributed by atoms with Gasteiger partial charge in [0.15, 0.2) is 0 Å². The molecule has 1 aliphatic rings. The van der Waals surface area contributed by atoms with E-state index in [0.29, 0.717) is 13.1 Å². The molecule has 1 fully saturated rings. The normalized spacial score (nSPS) is 20.3. The fourth-order valence-corrected chi connectivity index (χ4v) is 3.40. The van der Waals surface area contributed by atoms with Crippen molar-refractivity contribution in [3.05, 3.63) is 35.9 Å². The van der Waals surface area contributed by atoms with Gasteiger partial charge in [0.25, 0.3) is 0 Å². The first-order chi connectivity index (χ1) is 10.8. The average molecular weight is 339 g/mol. The molecule has 0 aromatic heterocycles. The third-order valence-corrected chi connectivity index (χ3v) is 4.82. The van der Waals surface area contributed by atoms with E-state index in [-0.39, 0.29) is 24.3 Å². The summed E-state index contributed by atoms with van der Waals surface area (Å²) in [4.78, 5) is 14.2. The Morgan fingerprint density at radius 3 is 2.74 bits per heavy atom. The summed E-state index contributed by atoms with van der Waals surface area (Å²) < 4.78 is 24.9. The number of benzene rings is 1. The zero-order valence-corrected chi connectivity index (χ0v) is 14.3. The molecule has 23 heavy (non-hydrogen) atoms. The number of sulfonamides is 1. The van der Waals surface area contributed by atoms with Crippen LogP contribution in [0.1, 0.15) is 30.9 Å². The maximum Gasteiger partial charge on any atom is 0.224 e. The Balaban J connectivity index is 1.86. The van der Waals surface area contributed by atoms with Gasteiger partial charge in [-0.05, 0) is 24.3 Å². The lowest BCUT2D eigenvalue weighted by atomic mass is 9.97. The lowest BCUT2D eigenvalue weighted by Crippen LogP contribution is -2.44. The van der Waals surface area contributed by atoms with Crippen LogP contribution < -0.4 is 10.5 Å². The number of hydrogen-bond donors (Lipinski definition) is 2. The summed E-state index contributed by atoms with van der Waals surface area (Å²) >= 11 is 0. The number of likely N-dealkylation sites (tertiary alicyclic amines) is 1. The molecule has 0 saturated carbocycles. The van der Waals surface area contributed by atoms with Gasteiger partial charge in [0.05, 0.1) is 6.26 Å². The molecule has 128 valence electrons. The van der Waals surface area contributed by atoms with Crippen LogP contribution in [0, 0.1) is 5.92 Å². The number of piperidine rings is 1. The standard InChI is InChI=1S/C16H25N3O3S/c1-23(21,22)18-11-13-6-5-9-19(12-13)16(20)10-15(17)14-7-3-2-4-8-14/h2-4,7-8,13,15,18H,5-6,9-12,17H2,1H3. The van der Waals surface area contributed by atoms with Gasteiger partial charge in [0, 0.05) is 32.1 Å². The molecule has 1 saturated heterocycles. The Bertz CT molecular complexity index is 619. The number of rotatable bonds is 6. The highest BCUT2D eigenvalue weighted by molar-refractivity contribution is 7.88. The highest BCUT2D eigenvalue weighted by Crippen LogP contribution is 2.20. The maximum absolute atomic E-state index is 12.4. The van der Waals surface area contributed by atoms with E-state index >= 15 is 0 Å². The first-order valence-electron chi connectivity index (χ1n) is 7.88. The summed E-state index contributed by atoms with van der Waals surface area (Å²) in [7, 11) is -3.19. The van der Waals surface area contributed by atoms with Crippen LogP contribution in [0.3, 0.4) is 0 Å². The van der Waals surface area contributed by atoms with Gasteiger partial charge in [-0.1, -0.05) is 30.3 Å². The van der Waals surface area contributed by atoms with Crippen molar-refractivity contribution in [3.8, 4) is 0 Å². The van der Waals surface area contributed by atoms with Crippen LogP contribution in [0.4, 0.5) is 0 Å². The van der Waals surface area contributed by atoms with Crippen molar-refractivity contribution in [1.29, 1.82) is 0 Å². The minimum atomic E-state index is -3.19. The molecule has 2 unspecified atom stereocenters. The van der Waals surface area contributed by atoms with Crippen molar-refractivity contribution in [3.63, 3.8) is 0 Å². The largest absolute Gasteiger partial charge is 0.342 e. The summed E-state index contributed by atoms with van der Waals surface area (Å²) in [6.45, 7) is 1.69. The van der Waals surface area contributed by atoms with Crippen LogP contribution in [0.5, 0.6) is 0 Å². The van der Waals surface area contributed by atoms with E-state index < -0.39 is 10.0 Å². The fourth-order valence-electron chi connectivity index (χ4n) is 2.86. The molecule has 0 aliphatic carbocycles. The highest BCUT2D eigenvalue weighted by atomic mass is 32.2. The molecule has 0 bridgehead atoms. The lowest BCUT2D eigenvalue weighted by molar-refractivity contribution is -0.133. The molecular formula is C16H25N3O3S. The summed E-state index contributed by atoms with van der Waals surface area (Å²) in [5, 5.41) is 0. The predicted molar refractivity (Wildman–Crippen MR) is 90.1 cm³/mol. The number of hydrogen-bond acceptors (Lipinski definition) is 4. The van der Waals surface area contributed by atoms with E-state index in [1.54, 1.807) is 4.90 Å². The number of nitrogens with two attached hydrogens (primary N) is 1. The summed E-state index contributed by atoms with van der Waals surface area (Å²) in [5.41, 5.74) is 7.07. The Kier molecular flexibility index (Phi) is 6.15. The van der Waals surface area contributed by atoms with E-state index in [1.807, 2.05) is 30.3 Å². The maximum atomic E-state index is 12.4. The molecule has 1 aliphatic heterocycles. The van der Waals surface area contributed by atoms with Gasteiger partial charge in [-0.3, -0.25) is 4.79 Å². The highest BCUT2D eigenvalue weighted by Gasteiger charge is 2.25. The zero-order chi connectivity index (χ0) is 16.9. The van der Waals surface area contributed by atoms with Crippen LogP contribution >= 0.6 is 0 Å². The number of carbonyl (C=O) groups is 1. The van der Waals surface area contributed by atoms with Gasteiger partial charge in [-0.2, -0.15) is 0 Å². The Labute approximate surface area is 138 Å². The number of nitrogens with one attached hydrogen (secondary N) is 1. The predicted octanol–water partition coefficient (Wildman–Crippen LogP) is 0.864. The van der Waals surface area contributed by atoms with E-state index in [2.05, 4.69) is 4.72 Å². The lowest BCUT2D eigenvalue weighted by Gasteiger charge is -2.33. The smallest absolute Gasteiger partial charge is 0.224 e. The molecular weight excluding hydrogens is 314 g/mol. The summed E-state index contributed by atoms with van der Waals surface area (Å²) in [6, 6.07) is 9.28. The third kappa shape index (κ3) is 5.93. The molecule has 1 aromatic rings. The van der Waals surface area contributed by atoms with E-state index in [1.165, 1.54) is 0 Å². The van der Waals surface area contributed by atoms with Gasteiger partial charge in [0.2, 0.25) is 15.9 Å². The van der Waals surface area contributed by atoms with Gasteiger partial charge in [-0.25, -0.2) is 13.1 Å². The van der Waals surface area contributed by atoms with Crippen molar-refractivity contribution in [1.82, 2.24) is 9.62 Å². The molecule has 7 heteroatoms. The van der Waals surface area contributed by atoms with Crippen molar-refractivity contribution < 1.29 is 13.2 Å². The van der Waals surface area contributed by atoms with Crippen LogP contribution in [0.15, 0.2) is 30.3 Å². The van der Waals surface area contributed by atoms with Crippen LogP contribution in [0.25, 0.3) is 0 Å². The van der Waals surface area contributed by atoms with Gasteiger partial charge in [-0.15, -0.1) is 0 Å². The van der Waals surface area contributed by atoms with Gasteiger partial charge in [0.1, 0.15) is 0 Å². The SMILES string of the molecule is CS(=O)(=O)NCC1CCCN(C(=O)CC(N)c2ccccc2)C1. The first kappa shape index (κ1) is 17.9. The summed E-state index contributed by atoms with van der Waals surface area (Å²) in [5.74, 6) is 0.195. The molecule has 3 N–H and O–H groups in total. The molecule has 2 rings (SSSR count). The topological polar surface area (TPSA) is 92.5 Å². The van der Waals surface area contributed by atoms with Gasteiger partial charge < -0.3 is 10.6 Å². The van der Waals surface area contributed by atoms with E-state index in [0.717, 1.165) is 31.2 Å². The third-order valence-electron chi connectivity index (χ3n) is 4.13. The quantitative estimate of drug-likeness (QED) is 0.804. The van der Waals surface area contributed by atoms with Crippen molar-refractivity contribution in [2.24, 2.45) is 11.7 Å². The molecule has 1 aromatic carbocycles. The molecule has 2 atom stereocenters. The zero-order valence-electron chi connectivity index (χ0n) is 13.4. The molecule has 0 spiro atoms. The monoisotopic (exact) mass is 339 g/mol. The summed E-state index contributed by atoms with van der Waals surface area (Å²) in [6.07, 6.45) is 3.24. The second-order valence-electron chi connectivity index (χ2n) is 6.19. The van der Waals surface area contributed by atoms with Crippen LogP contribution in [-0.2, 0) is 14.8 Å². The first-order valence-corrected chi connectivity index (χ1v) is 9.77. The Hall–Kier alpha value is -1.44. The number of amides is 1. The minimum absolute atomic E-state index is 0.0328. The van der Waals surface area contributed by atoms with Crippen LogP contribution in [0.2, 0.25) is 0 Å². The Morgan fingerprint density at radius 1 is 1.39 bits per heavy atom. The van der Waals surface area contributed by atoms with Crippen molar-refractivity contribution >= 4 is 15.9 Å². The molecule has 6 nitrogen and oxygen atoms in total. The second-order valence-corrected chi connectivity index (χ2v) is 8.02. The molecule has 1 amide bonds. The second kappa shape index (κ2) is 7.90.